The Kier molecular flexibility index (Phi) is 3.08. The van der Waals surface area contributed by atoms with Gasteiger partial charge in [-0.05, 0) is 37.8 Å². The zero-order valence-corrected chi connectivity index (χ0v) is 8.99. The topological polar surface area (TPSA) is 49.0 Å². The maximum absolute atomic E-state index is 8.60. The molecule has 1 saturated carbocycles. The number of nitrogens with zero attached hydrogens (tertiary/aromatic N) is 1. The molecule has 3 heteroatoms. The molecule has 1 aromatic rings. The second-order valence-electron chi connectivity index (χ2n) is 4.24. The molecule has 1 heterocycles. The molecule has 15 heavy (non-hydrogen) atoms. The van der Waals surface area contributed by atoms with Crippen LogP contribution < -0.4 is 5.32 Å². The van der Waals surface area contributed by atoms with E-state index in [0.717, 1.165) is 18.2 Å². The number of furan rings is 1. The molecule has 80 valence electrons. The fourth-order valence-electron chi connectivity index (χ4n) is 1.90. The van der Waals surface area contributed by atoms with E-state index in [-0.39, 0.29) is 0 Å². The second-order valence-corrected chi connectivity index (χ2v) is 4.24. The molecule has 0 aliphatic heterocycles. The van der Waals surface area contributed by atoms with Crippen molar-refractivity contribution in [2.45, 2.75) is 38.8 Å². The van der Waals surface area contributed by atoms with Crippen molar-refractivity contribution >= 4 is 0 Å². The molecule has 0 spiro atoms. The molecule has 1 fully saturated rings. The van der Waals surface area contributed by atoms with Gasteiger partial charge in [0.25, 0.3) is 0 Å². The summed E-state index contributed by atoms with van der Waals surface area (Å²) in [6.45, 7) is 2.94. The quantitative estimate of drug-likeness (QED) is 0.819. The Morgan fingerprint density at radius 1 is 1.60 bits per heavy atom. The number of hydrogen-bond acceptors (Lipinski definition) is 3. The van der Waals surface area contributed by atoms with Crippen LogP contribution in [-0.2, 0) is 6.54 Å². The molecule has 1 aliphatic rings. The molecule has 0 radical (unpaired) electrons. The van der Waals surface area contributed by atoms with Crippen molar-refractivity contribution in [2.24, 2.45) is 5.92 Å². The molecule has 1 aromatic heterocycles. The molecule has 2 rings (SSSR count). The molecule has 0 aromatic carbocycles. The van der Waals surface area contributed by atoms with Crippen LogP contribution in [0.15, 0.2) is 16.5 Å². The SMILES string of the molecule is CC(NCc1ccc(C#N)o1)C1CCC1. The van der Waals surface area contributed by atoms with Gasteiger partial charge in [0.05, 0.1) is 6.54 Å². The predicted molar refractivity (Wildman–Crippen MR) is 57.1 cm³/mol. The Hall–Kier alpha value is -1.27. The van der Waals surface area contributed by atoms with Crippen LogP contribution in [0, 0.1) is 17.2 Å². The van der Waals surface area contributed by atoms with E-state index in [1.165, 1.54) is 19.3 Å². The molecule has 1 N–H and O–H groups in total. The summed E-state index contributed by atoms with van der Waals surface area (Å²) in [7, 11) is 0. The Labute approximate surface area is 90.1 Å². The highest BCUT2D eigenvalue weighted by Crippen LogP contribution is 2.29. The average Bonchev–Trinajstić information content (AvgIpc) is 2.59. The Bertz CT molecular complexity index is 360. The molecule has 0 saturated heterocycles. The van der Waals surface area contributed by atoms with Crippen molar-refractivity contribution in [3.05, 3.63) is 23.7 Å². The normalized spacial score (nSPS) is 18.1. The van der Waals surface area contributed by atoms with Crippen molar-refractivity contribution in [3.8, 4) is 6.07 Å². The lowest BCUT2D eigenvalue weighted by Crippen LogP contribution is -2.36. The number of rotatable bonds is 4. The lowest BCUT2D eigenvalue weighted by atomic mass is 9.80. The van der Waals surface area contributed by atoms with Crippen LogP contribution in [-0.4, -0.2) is 6.04 Å². The van der Waals surface area contributed by atoms with Crippen LogP contribution in [0.1, 0.15) is 37.7 Å². The van der Waals surface area contributed by atoms with Gasteiger partial charge in [0.1, 0.15) is 11.8 Å². The second kappa shape index (κ2) is 4.50. The molecular formula is C12H16N2O. The van der Waals surface area contributed by atoms with Gasteiger partial charge in [-0.1, -0.05) is 6.42 Å². The van der Waals surface area contributed by atoms with Crippen molar-refractivity contribution in [1.29, 1.82) is 5.26 Å². The highest BCUT2D eigenvalue weighted by molar-refractivity contribution is 5.18. The number of nitriles is 1. The van der Waals surface area contributed by atoms with E-state index in [0.29, 0.717) is 11.8 Å². The van der Waals surface area contributed by atoms with E-state index in [9.17, 15) is 0 Å². The third-order valence-corrected chi connectivity index (χ3v) is 3.23. The lowest BCUT2D eigenvalue weighted by molar-refractivity contribution is 0.236. The fourth-order valence-corrected chi connectivity index (χ4v) is 1.90. The highest BCUT2D eigenvalue weighted by Gasteiger charge is 2.23. The van der Waals surface area contributed by atoms with Crippen molar-refractivity contribution in [2.75, 3.05) is 0 Å². The molecule has 0 amide bonds. The summed E-state index contributed by atoms with van der Waals surface area (Å²) in [6.07, 6.45) is 4.06. The zero-order chi connectivity index (χ0) is 10.7. The standard InChI is InChI=1S/C12H16N2O/c1-9(10-3-2-4-10)14-8-12-6-5-11(7-13)15-12/h5-6,9-10,14H,2-4,8H2,1H3. The molecule has 1 atom stereocenters. The maximum atomic E-state index is 8.60. The van der Waals surface area contributed by atoms with Crippen LogP contribution in [0.5, 0.6) is 0 Å². The minimum atomic E-state index is 0.392. The van der Waals surface area contributed by atoms with Gasteiger partial charge in [-0.25, -0.2) is 0 Å². The van der Waals surface area contributed by atoms with Crippen LogP contribution in [0.2, 0.25) is 0 Å². The minimum absolute atomic E-state index is 0.392. The summed E-state index contributed by atoms with van der Waals surface area (Å²) in [4.78, 5) is 0. The van der Waals surface area contributed by atoms with Crippen LogP contribution in [0.4, 0.5) is 0 Å². The molecule has 3 nitrogen and oxygen atoms in total. The summed E-state index contributed by atoms with van der Waals surface area (Å²) < 4.78 is 5.29. The Balaban J connectivity index is 1.79. The largest absolute Gasteiger partial charge is 0.449 e. The smallest absolute Gasteiger partial charge is 0.203 e. The first-order valence-corrected chi connectivity index (χ1v) is 5.52. The van der Waals surface area contributed by atoms with E-state index in [2.05, 4.69) is 12.2 Å². The predicted octanol–water partition coefficient (Wildman–Crippen LogP) is 2.43. The van der Waals surface area contributed by atoms with Gasteiger partial charge in [0.15, 0.2) is 0 Å². The first-order valence-electron chi connectivity index (χ1n) is 5.52. The highest BCUT2D eigenvalue weighted by atomic mass is 16.3. The summed E-state index contributed by atoms with van der Waals surface area (Å²) in [5, 5.41) is 12.0. The third-order valence-electron chi connectivity index (χ3n) is 3.23. The average molecular weight is 204 g/mol. The Morgan fingerprint density at radius 3 is 2.93 bits per heavy atom. The van der Waals surface area contributed by atoms with E-state index in [4.69, 9.17) is 9.68 Å². The third kappa shape index (κ3) is 2.40. The van der Waals surface area contributed by atoms with Gasteiger partial charge in [-0.2, -0.15) is 5.26 Å². The first-order chi connectivity index (χ1) is 7.29. The van der Waals surface area contributed by atoms with Crippen molar-refractivity contribution < 1.29 is 4.42 Å². The number of nitrogens with one attached hydrogen (secondary N) is 1. The van der Waals surface area contributed by atoms with Crippen molar-refractivity contribution in [1.82, 2.24) is 5.32 Å². The molecule has 1 unspecified atom stereocenters. The van der Waals surface area contributed by atoms with Crippen molar-refractivity contribution in [3.63, 3.8) is 0 Å². The molecular weight excluding hydrogens is 188 g/mol. The molecule has 1 aliphatic carbocycles. The fraction of sp³-hybridized carbons (Fsp3) is 0.583. The lowest BCUT2D eigenvalue weighted by Gasteiger charge is -2.31. The first kappa shape index (κ1) is 10.3. The van der Waals surface area contributed by atoms with Gasteiger partial charge in [-0.3, -0.25) is 0 Å². The van der Waals surface area contributed by atoms with E-state index < -0.39 is 0 Å². The monoisotopic (exact) mass is 204 g/mol. The van der Waals surface area contributed by atoms with Gasteiger partial charge in [-0.15, -0.1) is 0 Å². The maximum Gasteiger partial charge on any atom is 0.203 e. The van der Waals surface area contributed by atoms with Crippen LogP contribution in [0.3, 0.4) is 0 Å². The van der Waals surface area contributed by atoms with Gasteiger partial charge in [0.2, 0.25) is 5.76 Å². The summed E-state index contributed by atoms with van der Waals surface area (Å²) in [5.74, 6) is 2.07. The van der Waals surface area contributed by atoms with Crippen LogP contribution in [0.25, 0.3) is 0 Å². The van der Waals surface area contributed by atoms with E-state index >= 15 is 0 Å². The summed E-state index contributed by atoms with van der Waals surface area (Å²) in [5.41, 5.74) is 0. The summed E-state index contributed by atoms with van der Waals surface area (Å²) >= 11 is 0. The Morgan fingerprint density at radius 2 is 2.40 bits per heavy atom. The molecule has 0 bridgehead atoms. The van der Waals surface area contributed by atoms with E-state index in [1.807, 2.05) is 12.1 Å². The zero-order valence-electron chi connectivity index (χ0n) is 8.99. The van der Waals surface area contributed by atoms with Gasteiger partial charge < -0.3 is 9.73 Å². The minimum Gasteiger partial charge on any atom is -0.449 e. The summed E-state index contributed by atoms with van der Waals surface area (Å²) in [6, 6.07) is 6.11. The van der Waals surface area contributed by atoms with Gasteiger partial charge >= 0.3 is 0 Å². The van der Waals surface area contributed by atoms with E-state index in [1.54, 1.807) is 6.07 Å². The van der Waals surface area contributed by atoms with Crippen LogP contribution >= 0.6 is 0 Å². The van der Waals surface area contributed by atoms with Gasteiger partial charge in [0, 0.05) is 6.04 Å². The number of hydrogen-bond donors (Lipinski definition) is 1.